The Hall–Kier alpha value is -3.60. The van der Waals surface area contributed by atoms with Crippen molar-refractivity contribution in [1.29, 1.82) is 0 Å². The third kappa shape index (κ3) is 6.71. The maximum atomic E-state index is 13.4. The summed E-state index contributed by atoms with van der Waals surface area (Å²) in [5.74, 6) is 0.176. The number of para-hydroxylation sites is 1. The van der Waals surface area contributed by atoms with Gasteiger partial charge in [-0.1, -0.05) is 92.2 Å². The molecule has 0 aliphatic rings. The third-order valence-electron chi connectivity index (χ3n) is 5.13. The van der Waals surface area contributed by atoms with Gasteiger partial charge in [0.2, 0.25) is 5.91 Å². The fourth-order valence-corrected chi connectivity index (χ4v) is 3.44. The van der Waals surface area contributed by atoms with Gasteiger partial charge in [0.25, 0.3) is 5.91 Å². The Morgan fingerprint density at radius 2 is 1.47 bits per heavy atom. The molecule has 0 aliphatic carbocycles. The first-order valence-corrected chi connectivity index (χ1v) is 11.0. The molecule has 0 aromatic heterocycles. The van der Waals surface area contributed by atoms with Crippen LogP contribution in [0.15, 0.2) is 91.0 Å². The van der Waals surface area contributed by atoms with Crippen molar-refractivity contribution in [2.45, 2.75) is 32.4 Å². The van der Waals surface area contributed by atoms with Crippen molar-refractivity contribution in [2.24, 2.45) is 0 Å². The number of benzene rings is 3. The number of ether oxygens (including phenoxy) is 1. The molecule has 0 saturated heterocycles. The zero-order valence-corrected chi connectivity index (χ0v) is 18.4. The number of amides is 2. The highest BCUT2D eigenvalue weighted by Crippen LogP contribution is 2.24. The number of unbranched alkanes of at least 4 members (excludes halogenated alkanes) is 1. The second-order valence-electron chi connectivity index (χ2n) is 7.57. The Morgan fingerprint density at radius 1 is 0.875 bits per heavy atom. The van der Waals surface area contributed by atoms with Gasteiger partial charge in [0.05, 0.1) is 0 Å². The average Bonchev–Trinajstić information content (AvgIpc) is 2.84. The molecule has 166 valence electrons. The van der Waals surface area contributed by atoms with E-state index in [2.05, 4.69) is 12.2 Å². The van der Waals surface area contributed by atoms with Gasteiger partial charge in [0.1, 0.15) is 11.8 Å². The minimum Gasteiger partial charge on any atom is -0.484 e. The molecule has 32 heavy (non-hydrogen) atoms. The Bertz CT molecular complexity index is 962. The number of rotatable bonds is 11. The molecule has 0 aliphatic heterocycles. The van der Waals surface area contributed by atoms with E-state index in [1.54, 1.807) is 17.0 Å². The summed E-state index contributed by atoms with van der Waals surface area (Å²) in [5.41, 5.74) is 1.72. The first-order chi connectivity index (χ1) is 15.7. The van der Waals surface area contributed by atoms with E-state index in [4.69, 9.17) is 4.74 Å². The van der Waals surface area contributed by atoms with E-state index in [-0.39, 0.29) is 18.4 Å². The molecule has 5 nitrogen and oxygen atoms in total. The van der Waals surface area contributed by atoms with Crippen molar-refractivity contribution < 1.29 is 14.3 Å². The van der Waals surface area contributed by atoms with Crippen LogP contribution in [0.2, 0.25) is 0 Å². The van der Waals surface area contributed by atoms with Crippen molar-refractivity contribution in [3.05, 3.63) is 102 Å². The lowest BCUT2D eigenvalue weighted by molar-refractivity contribution is -0.143. The molecular weight excluding hydrogens is 400 g/mol. The number of carbonyl (C=O) groups excluding carboxylic acids is 2. The molecule has 2 amide bonds. The lowest BCUT2D eigenvalue weighted by atomic mass is 10.0. The predicted octanol–water partition coefficient (Wildman–Crippen LogP) is 4.75. The van der Waals surface area contributed by atoms with Crippen LogP contribution in [0.25, 0.3) is 0 Å². The molecule has 1 N–H and O–H groups in total. The zero-order valence-electron chi connectivity index (χ0n) is 18.4. The molecule has 3 aromatic rings. The van der Waals surface area contributed by atoms with Crippen LogP contribution >= 0.6 is 0 Å². The summed E-state index contributed by atoms with van der Waals surface area (Å²) in [5, 5.41) is 3.00. The Morgan fingerprint density at radius 3 is 2.09 bits per heavy atom. The van der Waals surface area contributed by atoms with Crippen LogP contribution in [0.4, 0.5) is 0 Å². The first kappa shape index (κ1) is 23.1. The van der Waals surface area contributed by atoms with Gasteiger partial charge in [-0.2, -0.15) is 0 Å². The molecule has 0 radical (unpaired) electrons. The summed E-state index contributed by atoms with van der Waals surface area (Å²) >= 11 is 0. The van der Waals surface area contributed by atoms with E-state index in [0.717, 1.165) is 24.0 Å². The van der Waals surface area contributed by atoms with Crippen LogP contribution in [0.3, 0.4) is 0 Å². The monoisotopic (exact) mass is 430 g/mol. The van der Waals surface area contributed by atoms with Crippen molar-refractivity contribution in [1.82, 2.24) is 10.2 Å². The Labute approximate surface area is 190 Å². The second-order valence-corrected chi connectivity index (χ2v) is 7.57. The Balaban J connectivity index is 1.88. The molecule has 0 saturated carbocycles. The third-order valence-corrected chi connectivity index (χ3v) is 5.13. The number of nitrogens with one attached hydrogen (secondary N) is 1. The van der Waals surface area contributed by atoms with Crippen LogP contribution in [0.5, 0.6) is 5.75 Å². The average molecular weight is 431 g/mol. The molecule has 0 fully saturated rings. The lowest BCUT2D eigenvalue weighted by Gasteiger charge is -2.31. The molecule has 3 rings (SSSR count). The number of nitrogens with zero attached hydrogens (tertiary/aromatic N) is 1. The van der Waals surface area contributed by atoms with Crippen LogP contribution in [0, 0.1) is 0 Å². The molecule has 5 heteroatoms. The summed E-state index contributed by atoms with van der Waals surface area (Å²) in [6, 6.07) is 27.6. The molecule has 0 spiro atoms. The quantitative estimate of drug-likeness (QED) is 0.447. The summed E-state index contributed by atoms with van der Waals surface area (Å²) in [6.45, 7) is 2.81. The van der Waals surface area contributed by atoms with Crippen LogP contribution in [-0.4, -0.2) is 29.9 Å². The fourth-order valence-electron chi connectivity index (χ4n) is 3.44. The van der Waals surface area contributed by atoms with Gasteiger partial charge in [-0.05, 0) is 29.7 Å². The number of carbonyl (C=O) groups is 2. The molecule has 0 bridgehead atoms. The maximum absolute atomic E-state index is 13.4. The van der Waals surface area contributed by atoms with E-state index in [1.165, 1.54) is 0 Å². The van der Waals surface area contributed by atoms with Gasteiger partial charge < -0.3 is 15.0 Å². The van der Waals surface area contributed by atoms with E-state index >= 15 is 0 Å². The smallest absolute Gasteiger partial charge is 0.261 e. The standard InChI is InChI=1S/C27H30N2O3/c1-2-3-19-28-27(31)26(23-15-9-5-10-16-23)29(20-22-13-7-4-8-14-22)25(30)21-32-24-17-11-6-12-18-24/h4-18,26H,2-3,19-21H2,1H3,(H,28,31)/t26-/m1/s1. The van der Waals surface area contributed by atoms with Gasteiger partial charge in [-0.3, -0.25) is 9.59 Å². The molecular formula is C27H30N2O3. The van der Waals surface area contributed by atoms with Crippen molar-refractivity contribution in [3.63, 3.8) is 0 Å². The maximum Gasteiger partial charge on any atom is 0.261 e. The highest BCUT2D eigenvalue weighted by atomic mass is 16.5. The van der Waals surface area contributed by atoms with Crippen molar-refractivity contribution in [2.75, 3.05) is 13.2 Å². The fraction of sp³-hybridized carbons (Fsp3) is 0.259. The highest BCUT2D eigenvalue weighted by molar-refractivity contribution is 5.89. The summed E-state index contributed by atoms with van der Waals surface area (Å²) in [7, 11) is 0. The van der Waals surface area contributed by atoms with Gasteiger partial charge in [0, 0.05) is 13.1 Å². The van der Waals surface area contributed by atoms with E-state index in [1.807, 2.05) is 78.9 Å². The van der Waals surface area contributed by atoms with Gasteiger partial charge in [0.15, 0.2) is 6.61 Å². The topological polar surface area (TPSA) is 58.6 Å². The van der Waals surface area contributed by atoms with Crippen molar-refractivity contribution in [3.8, 4) is 5.75 Å². The van der Waals surface area contributed by atoms with Crippen molar-refractivity contribution >= 4 is 11.8 Å². The van der Waals surface area contributed by atoms with E-state index in [0.29, 0.717) is 18.8 Å². The predicted molar refractivity (Wildman–Crippen MR) is 126 cm³/mol. The largest absolute Gasteiger partial charge is 0.484 e. The number of hydrogen-bond donors (Lipinski definition) is 1. The first-order valence-electron chi connectivity index (χ1n) is 11.0. The van der Waals surface area contributed by atoms with E-state index < -0.39 is 6.04 Å². The summed E-state index contributed by atoms with van der Waals surface area (Å²) < 4.78 is 5.73. The van der Waals surface area contributed by atoms with E-state index in [9.17, 15) is 9.59 Å². The number of hydrogen-bond acceptors (Lipinski definition) is 3. The summed E-state index contributed by atoms with van der Waals surface area (Å²) in [6.07, 6.45) is 1.87. The second kappa shape index (κ2) is 12.3. The Kier molecular flexibility index (Phi) is 8.87. The van der Waals surface area contributed by atoms with Crippen LogP contribution in [-0.2, 0) is 16.1 Å². The van der Waals surface area contributed by atoms with Gasteiger partial charge in [-0.25, -0.2) is 0 Å². The van der Waals surface area contributed by atoms with Crippen LogP contribution < -0.4 is 10.1 Å². The highest BCUT2D eigenvalue weighted by Gasteiger charge is 2.31. The normalized spacial score (nSPS) is 11.4. The minimum atomic E-state index is -0.750. The molecule has 0 heterocycles. The molecule has 3 aromatic carbocycles. The van der Waals surface area contributed by atoms with Gasteiger partial charge in [-0.15, -0.1) is 0 Å². The minimum absolute atomic E-state index is 0.150. The molecule has 0 unspecified atom stereocenters. The zero-order chi connectivity index (χ0) is 22.6. The summed E-state index contributed by atoms with van der Waals surface area (Å²) in [4.78, 5) is 28.3. The molecule has 1 atom stereocenters. The van der Waals surface area contributed by atoms with Crippen LogP contribution in [0.1, 0.15) is 36.9 Å². The lowest BCUT2D eigenvalue weighted by Crippen LogP contribution is -2.45. The van der Waals surface area contributed by atoms with Gasteiger partial charge >= 0.3 is 0 Å². The SMILES string of the molecule is CCCCNC(=O)[C@@H](c1ccccc1)N(Cc1ccccc1)C(=O)COc1ccccc1.